The zero-order valence-corrected chi connectivity index (χ0v) is 16.3. The maximum atomic E-state index is 13.5. The zero-order valence-electron chi connectivity index (χ0n) is 16.3. The van der Waals surface area contributed by atoms with Gasteiger partial charge in [-0.1, -0.05) is 68.4 Å². The molecule has 4 aliphatic rings. The lowest BCUT2D eigenvalue weighted by atomic mass is 9.96. The van der Waals surface area contributed by atoms with E-state index in [0.717, 1.165) is 38.9 Å². The van der Waals surface area contributed by atoms with Crippen LogP contribution in [-0.2, 0) is 0 Å². The van der Waals surface area contributed by atoms with Gasteiger partial charge in [-0.3, -0.25) is 4.79 Å². The van der Waals surface area contributed by atoms with Crippen LogP contribution in [-0.4, -0.2) is 5.78 Å². The van der Waals surface area contributed by atoms with E-state index in [0.29, 0.717) is 5.92 Å². The van der Waals surface area contributed by atoms with E-state index >= 15 is 0 Å². The minimum absolute atomic E-state index is 0.106. The third kappa shape index (κ3) is 2.94. The summed E-state index contributed by atoms with van der Waals surface area (Å²) in [6.07, 6.45) is 0. The molecule has 0 spiro atoms. The van der Waals surface area contributed by atoms with Gasteiger partial charge in [0.15, 0.2) is 5.78 Å². The summed E-state index contributed by atoms with van der Waals surface area (Å²) in [7, 11) is 0. The van der Waals surface area contributed by atoms with Crippen LogP contribution >= 0.6 is 0 Å². The highest BCUT2D eigenvalue weighted by atomic mass is 16.1. The van der Waals surface area contributed by atoms with Crippen molar-refractivity contribution < 1.29 is 4.79 Å². The van der Waals surface area contributed by atoms with Gasteiger partial charge in [0.1, 0.15) is 0 Å². The number of carbonyl (C=O) groups is 1. The number of rotatable bonds is 3. The van der Waals surface area contributed by atoms with E-state index in [2.05, 4.69) is 58.0 Å². The largest absolute Gasteiger partial charge is 0.289 e. The van der Waals surface area contributed by atoms with Gasteiger partial charge >= 0.3 is 0 Å². The topological polar surface area (TPSA) is 17.1 Å². The van der Waals surface area contributed by atoms with Gasteiger partial charge in [-0.05, 0) is 70.8 Å². The van der Waals surface area contributed by atoms with Crippen molar-refractivity contribution in [3.8, 4) is 22.3 Å². The highest BCUT2D eigenvalue weighted by molar-refractivity contribution is 6.18. The lowest BCUT2D eigenvalue weighted by Crippen LogP contribution is -2.01. The molecular formula is C26H24O. The van der Waals surface area contributed by atoms with E-state index in [1.165, 1.54) is 11.1 Å². The molecule has 0 fully saturated rings. The van der Waals surface area contributed by atoms with Crippen molar-refractivity contribution in [1.82, 2.24) is 0 Å². The minimum atomic E-state index is 0.106. The van der Waals surface area contributed by atoms with Crippen LogP contribution in [0, 0.1) is 13.8 Å². The first-order valence-electron chi connectivity index (χ1n) is 9.53. The molecule has 0 aromatic carbocycles. The summed E-state index contributed by atoms with van der Waals surface area (Å²) in [4.78, 5) is 13.5. The fourth-order valence-corrected chi connectivity index (χ4v) is 3.93. The molecule has 4 rings (SSSR count). The number of ketones is 1. The lowest BCUT2D eigenvalue weighted by molar-refractivity contribution is 0.104. The number of aryl methyl sites for hydroxylation is 2. The lowest BCUT2D eigenvalue weighted by Gasteiger charge is -2.06. The molecule has 1 heteroatoms. The maximum absolute atomic E-state index is 13.5. The Labute approximate surface area is 161 Å². The van der Waals surface area contributed by atoms with Gasteiger partial charge < -0.3 is 0 Å². The van der Waals surface area contributed by atoms with Gasteiger partial charge in [-0.2, -0.15) is 0 Å². The fraction of sp³-hybridized carbons (Fsp3) is 0.192. The van der Waals surface area contributed by atoms with Crippen molar-refractivity contribution in [1.29, 1.82) is 0 Å². The molecule has 0 saturated carbocycles. The van der Waals surface area contributed by atoms with Gasteiger partial charge in [-0.25, -0.2) is 0 Å². The average molecular weight is 352 g/mol. The Morgan fingerprint density at radius 3 is 2.30 bits per heavy atom. The second-order valence-electron chi connectivity index (χ2n) is 7.70. The molecule has 0 N–H and O–H groups in total. The second kappa shape index (κ2) is 6.66. The molecule has 0 radical (unpaired) electrons. The monoisotopic (exact) mass is 352 g/mol. The van der Waals surface area contributed by atoms with E-state index < -0.39 is 0 Å². The van der Waals surface area contributed by atoms with E-state index in [9.17, 15) is 4.79 Å². The molecule has 1 nitrogen and oxygen atoms in total. The number of carbonyl (C=O) groups excluding carboxylic acids is 1. The van der Waals surface area contributed by atoms with Crippen LogP contribution in [0.3, 0.4) is 0 Å². The van der Waals surface area contributed by atoms with Gasteiger partial charge in [0.05, 0.1) is 0 Å². The van der Waals surface area contributed by atoms with Crippen molar-refractivity contribution in [3.63, 3.8) is 0 Å². The van der Waals surface area contributed by atoms with Crippen LogP contribution in [0.5, 0.6) is 0 Å². The quantitative estimate of drug-likeness (QED) is 0.368. The summed E-state index contributed by atoms with van der Waals surface area (Å²) in [6.45, 7) is 8.62. The molecule has 0 bridgehead atoms. The standard InChI is InChI=1S/C26H24O/c1-16(2)20-11-10-17(3)25-23(15-20)18(4)14-24(25)26(27)22-13-12-19-8-6-5-7-9-21(19)22/h5-16H,1-4H3. The summed E-state index contributed by atoms with van der Waals surface area (Å²) < 4.78 is 0. The van der Waals surface area contributed by atoms with Crippen LogP contribution in [0.2, 0.25) is 0 Å². The van der Waals surface area contributed by atoms with Gasteiger partial charge in [0.25, 0.3) is 0 Å². The smallest absolute Gasteiger partial charge is 0.194 e. The summed E-state index contributed by atoms with van der Waals surface area (Å²) in [5, 5.41) is 0. The van der Waals surface area contributed by atoms with Crippen molar-refractivity contribution in [2.75, 3.05) is 0 Å². The van der Waals surface area contributed by atoms with Gasteiger partial charge in [0, 0.05) is 11.1 Å². The first-order valence-corrected chi connectivity index (χ1v) is 9.53. The first kappa shape index (κ1) is 17.5. The van der Waals surface area contributed by atoms with Crippen LogP contribution in [0.25, 0.3) is 22.3 Å². The highest BCUT2D eigenvalue weighted by Gasteiger charge is 2.24. The summed E-state index contributed by atoms with van der Waals surface area (Å²) >= 11 is 0. The van der Waals surface area contributed by atoms with E-state index in [4.69, 9.17) is 0 Å². The maximum Gasteiger partial charge on any atom is 0.194 e. The summed E-state index contributed by atoms with van der Waals surface area (Å²) in [5.74, 6) is 0.558. The predicted octanol–water partition coefficient (Wildman–Crippen LogP) is 6.87. The Morgan fingerprint density at radius 2 is 1.52 bits per heavy atom. The van der Waals surface area contributed by atoms with E-state index in [1.54, 1.807) is 0 Å². The van der Waals surface area contributed by atoms with Crippen LogP contribution in [0.15, 0.2) is 66.7 Å². The van der Waals surface area contributed by atoms with Crippen LogP contribution in [0.1, 0.15) is 52.4 Å². The molecule has 4 aliphatic carbocycles. The molecule has 0 saturated heterocycles. The van der Waals surface area contributed by atoms with Gasteiger partial charge in [-0.15, -0.1) is 0 Å². The number of hydrogen-bond donors (Lipinski definition) is 0. The normalized spacial score (nSPS) is 11.4. The van der Waals surface area contributed by atoms with Gasteiger partial charge in [0.2, 0.25) is 0 Å². The predicted molar refractivity (Wildman–Crippen MR) is 113 cm³/mol. The Hall–Kier alpha value is -2.93. The highest BCUT2D eigenvalue weighted by Crippen LogP contribution is 2.38. The summed E-state index contributed by atoms with van der Waals surface area (Å²) in [6, 6.07) is 22.7. The van der Waals surface area contributed by atoms with E-state index in [1.807, 2.05) is 36.4 Å². The average Bonchev–Trinajstić information content (AvgIpc) is 3.01. The zero-order chi connectivity index (χ0) is 19.1. The molecule has 0 aliphatic heterocycles. The van der Waals surface area contributed by atoms with Crippen molar-refractivity contribution in [3.05, 3.63) is 94.5 Å². The Balaban J connectivity index is 1.90. The Kier molecular flexibility index (Phi) is 4.31. The third-order valence-corrected chi connectivity index (χ3v) is 5.50. The molecule has 0 heterocycles. The van der Waals surface area contributed by atoms with E-state index in [-0.39, 0.29) is 5.78 Å². The first-order chi connectivity index (χ1) is 13.0. The molecule has 0 amide bonds. The number of hydrogen-bond acceptors (Lipinski definition) is 1. The van der Waals surface area contributed by atoms with Crippen LogP contribution < -0.4 is 0 Å². The number of fused-ring (bicyclic) bond motifs is 2. The van der Waals surface area contributed by atoms with Crippen molar-refractivity contribution in [2.24, 2.45) is 0 Å². The Morgan fingerprint density at radius 1 is 0.741 bits per heavy atom. The molecule has 0 atom stereocenters. The van der Waals surface area contributed by atoms with Crippen molar-refractivity contribution in [2.45, 2.75) is 33.6 Å². The second-order valence-corrected chi connectivity index (χ2v) is 7.70. The Bertz CT molecular complexity index is 1090. The molecule has 134 valence electrons. The van der Waals surface area contributed by atoms with Crippen molar-refractivity contribution >= 4 is 5.78 Å². The minimum Gasteiger partial charge on any atom is -0.289 e. The molecule has 0 unspecified atom stereocenters. The summed E-state index contributed by atoms with van der Waals surface area (Å²) in [5.41, 5.74) is 9.58. The molecule has 0 aromatic rings. The van der Waals surface area contributed by atoms with Crippen LogP contribution in [0.4, 0.5) is 0 Å². The fourth-order valence-electron chi connectivity index (χ4n) is 3.93. The molecule has 27 heavy (non-hydrogen) atoms. The SMILES string of the molecule is Cc1cc(C(=O)c2ccc3cccccc2-3)c2c(C)ccc(C(C)C)cc1-2. The molecular weight excluding hydrogens is 328 g/mol. The molecule has 0 aromatic heterocycles. The third-order valence-electron chi connectivity index (χ3n) is 5.50.